The maximum Gasteiger partial charge on any atom is 0.337 e. The van der Waals surface area contributed by atoms with Gasteiger partial charge < -0.3 is 10.1 Å². The molecule has 0 fully saturated rings. The zero-order valence-corrected chi connectivity index (χ0v) is 17.6. The van der Waals surface area contributed by atoms with Gasteiger partial charge in [-0.25, -0.2) is 13.2 Å². The van der Waals surface area contributed by atoms with Crippen LogP contribution in [0.1, 0.15) is 17.3 Å². The highest BCUT2D eigenvalue weighted by atomic mass is 35.5. The summed E-state index contributed by atoms with van der Waals surface area (Å²) in [6, 6.07) is 9.23. The summed E-state index contributed by atoms with van der Waals surface area (Å²) in [6.07, 6.45) is 0.976. The maximum absolute atomic E-state index is 12.7. The van der Waals surface area contributed by atoms with Crippen molar-refractivity contribution in [2.45, 2.75) is 13.0 Å². The number of hydrogen-bond donors (Lipinski definition) is 1. The lowest BCUT2D eigenvalue weighted by Crippen LogP contribution is -2.45. The molecule has 7 nitrogen and oxygen atoms in total. The topological polar surface area (TPSA) is 92.8 Å². The highest BCUT2D eigenvalue weighted by Gasteiger charge is 2.29. The smallest absolute Gasteiger partial charge is 0.337 e. The fourth-order valence-corrected chi connectivity index (χ4v) is 4.24. The number of ether oxygens (including phenoxy) is 1. The number of carbonyl (C=O) groups is 2. The predicted octanol–water partition coefficient (Wildman–Crippen LogP) is 3.57. The third-order valence-corrected chi connectivity index (χ3v) is 5.42. The van der Waals surface area contributed by atoms with Gasteiger partial charge >= 0.3 is 5.97 Å². The minimum atomic E-state index is -3.83. The van der Waals surface area contributed by atoms with Crippen LogP contribution in [0.5, 0.6) is 0 Å². The molecule has 1 unspecified atom stereocenters. The first-order valence-electron chi connectivity index (χ1n) is 7.97. The molecule has 1 atom stereocenters. The summed E-state index contributed by atoms with van der Waals surface area (Å²) in [7, 11) is -2.59. The van der Waals surface area contributed by atoms with Gasteiger partial charge in [-0.3, -0.25) is 9.10 Å². The van der Waals surface area contributed by atoms with Crippen LogP contribution >= 0.6 is 23.2 Å². The second-order valence-corrected chi connectivity index (χ2v) is 8.66. The lowest BCUT2D eigenvalue weighted by Gasteiger charge is -2.28. The number of halogens is 2. The summed E-state index contributed by atoms with van der Waals surface area (Å²) >= 11 is 11.9. The standard InChI is InChI=1S/C18H18Cl2N2O5S/c1-11(17(23)21-15-6-4-5-12(7-15)18(24)27-2)22(28(3,25)26)16-9-13(19)8-14(20)10-16/h4-11H,1-3H3,(H,21,23). The van der Waals surface area contributed by atoms with Crippen LogP contribution in [0, 0.1) is 0 Å². The third-order valence-electron chi connectivity index (χ3n) is 3.74. The third kappa shape index (κ3) is 5.37. The molecule has 1 N–H and O–H groups in total. The van der Waals surface area contributed by atoms with Crippen LogP contribution in [0.2, 0.25) is 10.0 Å². The summed E-state index contributed by atoms with van der Waals surface area (Å²) < 4.78 is 30.2. The fourth-order valence-electron chi connectivity index (χ4n) is 2.56. The Labute approximate surface area is 173 Å². The number of sulfonamides is 1. The SMILES string of the molecule is COC(=O)c1cccc(NC(=O)C(C)N(c2cc(Cl)cc(Cl)c2)S(C)(=O)=O)c1. The van der Waals surface area contributed by atoms with Gasteiger partial charge in [-0.05, 0) is 43.3 Å². The number of anilines is 2. The van der Waals surface area contributed by atoms with E-state index >= 15 is 0 Å². The van der Waals surface area contributed by atoms with E-state index < -0.39 is 27.9 Å². The van der Waals surface area contributed by atoms with Crippen LogP contribution < -0.4 is 9.62 Å². The Morgan fingerprint density at radius 3 is 2.25 bits per heavy atom. The summed E-state index contributed by atoms with van der Waals surface area (Å²) in [6.45, 7) is 1.43. The van der Waals surface area contributed by atoms with E-state index in [9.17, 15) is 18.0 Å². The van der Waals surface area contributed by atoms with Crippen LogP contribution in [0.4, 0.5) is 11.4 Å². The molecule has 1 amide bonds. The monoisotopic (exact) mass is 444 g/mol. The number of esters is 1. The zero-order valence-electron chi connectivity index (χ0n) is 15.3. The molecular weight excluding hydrogens is 427 g/mol. The van der Waals surface area contributed by atoms with Gasteiger partial charge in [-0.2, -0.15) is 0 Å². The number of rotatable bonds is 6. The second-order valence-electron chi connectivity index (χ2n) is 5.92. The minimum absolute atomic E-state index is 0.158. The quantitative estimate of drug-likeness (QED) is 0.687. The van der Waals surface area contributed by atoms with E-state index in [0.717, 1.165) is 10.6 Å². The van der Waals surface area contributed by atoms with Crippen LogP contribution in [0.15, 0.2) is 42.5 Å². The van der Waals surface area contributed by atoms with Crippen molar-refractivity contribution in [3.8, 4) is 0 Å². The van der Waals surface area contributed by atoms with Crippen molar-refractivity contribution in [3.05, 3.63) is 58.1 Å². The Balaban J connectivity index is 2.33. The minimum Gasteiger partial charge on any atom is -0.465 e. The van der Waals surface area contributed by atoms with Crippen molar-refractivity contribution < 1.29 is 22.7 Å². The fraction of sp³-hybridized carbons (Fsp3) is 0.222. The Kier molecular flexibility index (Phi) is 6.92. The van der Waals surface area contributed by atoms with E-state index in [2.05, 4.69) is 10.1 Å². The second kappa shape index (κ2) is 8.81. The zero-order chi connectivity index (χ0) is 21.1. The Morgan fingerprint density at radius 2 is 1.71 bits per heavy atom. The molecule has 2 rings (SSSR count). The largest absolute Gasteiger partial charge is 0.465 e. The van der Waals surface area contributed by atoms with Gasteiger partial charge in [0.15, 0.2) is 0 Å². The highest BCUT2D eigenvalue weighted by molar-refractivity contribution is 7.92. The van der Waals surface area contributed by atoms with E-state index in [0.29, 0.717) is 5.69 Å². The van der Waals surface area contributed by atoms with Crippen LogP contribution in [0.3, 0.4) is 0 Å². The van der Waals surface area contributed by atoms with Gasteiger partial charge in [0.1, 0.15) is 6.04 Å². The molecule has 0 saturated heterocycles. The molecule has 2 aromatic carbocycles. The molecule has 0 heterocycles. The molecule has 10 heteroatoms. The number of carbonyl (C=O) groups excluding carboxylic acids is 2. The Morgan fingerprint density at radius 1 is 1.11 bits per heavy atom. The molecule has 0 aliphatic heterocycles. The van der Waals surface area contributed by atoms with Crippen molar-refractivity contribution in [1.29, 1.82) is 0 Å². The average molecular weight is 445 g/mol. The van der Waals surface area contributed by atoms with Gasteiger partial charge in [0.25, 0.3) is 0 Å². The normalized spacial score (nSPS) is 12.2. The first kappa shape index (κ1) is 22.0. The first-order chi connectivity index (χ1) is 13.0. The van der Waals surface area contributed by atoms with E-state index in [4.69, 9.17) is 23.2 Å². The number of benzene rings is 2. The molecule has 0 aliphatic carbocycles. The summed E-state index contributed by atoms with van der Waals surface area (Å²) in [5, 5.41) is 3.06. The van der Waals surface area contributed by atoms with Gasteiger partial charge in [0.05, 0.1) is 24.6 Å². The number of nitrogens with zero attached hydrogens (tertiary/aromatic N) is 1. The molecule has 2 aromatic rings. The van der Waals surface area contributed by atoms with Gasteiger partial charge in [0.2, 0.25) is 15.9 Å². The summed E-state index contributed by atoms with van der Waals surface area (Å²) in [5.41, 5.74) is 0.720. The molecule has 0 bridgehead atoms. The van der Waals surface area contributed by atoms with Crippen molar-refractivity contribution >= 4 is 56.5 Å². The van der Waals surface area contributed by atoms with Gasteiger partial charge in [0, 0.05) is 15.7 Å². The lowest BCUT2D eigenvalue weighted by atomic mass is 10.2. The number of methoxy groups -OCH3 is 1. The van der Waals surface area contributed by atoms with Gasteiger partial charge in [-0.15, -0.1) is 0 Å². The summed E-state index contributed by atoms with van der Waals surface area (Å²) in [4.78, 5) is 24.3. The molecule has 0 aromatic heterocycles. The lowest BCUT2D eigenvalue weighted by molar-refractivity contribution is -0.116. The first-order valence-corrected chi connectivity index (χ1v) is 10.6. The number of amides is 1. The van der Waals surface area contributed by atoms with Crippen molar-refractivity contribution in [2.75, 3.05) is 23.0 Å². The van der Waals surface area contributed by atoms with E-state index in [1.54, 1.807) is 12.1 Å². The van der Waals surface area contributed by atoms with Crippen molar-refractivity contribution in [3.63, 3.8) is 0 Å². The van der Waals surface area contributed by atoms with Gasteiger partial charge in [-0.1, -0.05) is 29.3 Å². The van der Waals surface area contributed by atoms with Crippen LogP contribution in [-0.2, 0) is 19.6 Å². The number of hydrogen-bond acceptors (Lipinski definition) is 5. The molecule has 150 valence electrons. The van der Waals surface area contributed by atoms with Crippen molar-refractivity contribution in [1.82, 2.24) is 0 Å². The molecule has 0 saturated carbocycles. The van der Waals surface area contributed by atoms with Crippen LogP contribution in [0.25, 0.3) is 0 Å². The van der Waals surface area contributed by atoms with Crippen LogP contribution in [-0.4, -0.2) is 39.7 Å². The van der Waals surface area contributed by atoms with E-state index in [1.807, 2.05) is 0 Å². The van der Waals surface area contributed by atoms with E-state index in [-0.39, 0.29) is 21.3 Å². The van der Waals surface area contributed by atoms with E-state index in [1.165, 1.54) is 44.4 Å². The predicted molar refractivity (Wildman–Crippen MR) is 110 cm³/mol. The Hall–Kier alpha value is -2.29. The highest BCUT2D eigenvalue weighted by Crippen LogP contribution is 2.29. The molecule has 0 spiro atoms. The average Bonchev–Trinajstić information content (AvgIpc) is 2.59. The van der Waals surface area contributed by atoms with Crippen molar-refractivity contribution in [2.24, 2.45) is 0 Å². The number of nitrogens with one attached hydrogen (secondary N) is 1. The maximum atomic E-state index is 12.7. The Bertz CT molecular complexity index is 991. The molecular formula is C18H18Cl2N2O5S. The summed E-state index contributed by atoms with van der Waals surface area (Å²) in [5.74, 6) is -1.17. The molecule has 0 radical (unpaired) electrons. The molecule has 0 aliphatic rings. The molecule has 28 heavy (non-hydrogen) atoms.